The second kappa shape index (κ2) is 3.38. The van der Waals surface area contributed by atoms with Crippen molar-refractivity contribution in [2.24, 2.45) is 0 Å². The van der Waals surface area contributed by atoms with Gasteiger partial charge in [0.1, 0.15) is 0 Å². The van der Waals surface area contributed by atoms with Gasteiger partial charge in [0.2, 0.25) is 0 Å². The summed E-state index contributed by atoms with van der Waals surface area (Å²) in [5, 5.41) is 9.08. The number of hydrogen-bond acceptors (Lipinski definition) is 3. The Labute approximate surface area is 82.2 Å². The topological polar surface area (TPSA) is 53.4 Å². The van der Waals surface area contributed by atoms with Crippen molar-refractivity contribution < 1.29 is 9.90 Å². The first kappa shape index (κ1) is 9.15. The van der Waals surface area contributed by atoms with Crippen LogP contribution in [0.3, 0.4) is 0 Å². The monoisotopic (exact) mass is 192 g/mol. The van der Waals surface area contributed by atoms with Gasteiger partial charge in [0.05, 0.1) is 6.10 Å². The molecule has 4 nitrogen and oxygen atoms in total. The molecule has 0 bridgehead atoms. The van der Waals surface area contributed by atoms with Gasteiger partial charge >= 0.3 is 0 Å². The number of aliphatic hydroxyl groups is 1. The summed E-state index contributed by atoms with van der Waals surface area (Å²) >= 11 is 0. The lowest BCUT2D eigenvalue weighted by atomic mass is 10.1. The smallest absolute Gasteiger partial charge is 0.254 e. The van der Waals surface area contributed by atoms with E-state index in [-0.39, 0.29) is 12.0 Å². The lowest BCUT2D eigenvalue weighted by molar-refractivity contribution is 0.00583. The van der Waals surface area contributed by atoms with Crippen molar-refractivity contribution in [1.82, 2.24) is 9.88 Å². The SMILES string of the molecule is Cc1cnccc1C(=O)N1CC(O)C1. The van der Waals surface area contributed by atoms with Gasteiger partial charge in [0, 0.05) is 31.0 Å². The molecule has 0 atom stereocenters. The molecule has 2 rings (SSSR count). The van der Waals surface area contributed by atoms with Crippen LogP contribution in [0.2, 0.25) is 0 Å². The zero-order valence-corrected chi connectivity index (χ0v) is 7.97. The minimum atomic E-state index is -0.346. The van der Waals surface area contributed by atoms with Crippen LogP contribution in [0.5, 0.6) is 0 Å². The third kappa shape index (κ3) is 1.48. The fourth-order valence-corrected chi connectivity index (χ4v) is 1.50. The Kier molecular flexibility index (Phi) is 2.21. The van der Waals surface area contributed by atoms with Crippen molar-refractivity contribution in [2.45, 2.75) is 13.0 Å². The van der Waals surface area contributed by atoms with Gasteiger partial charge in [-0.15, -0.1) is 0 Å². The molecule has 1 aromatic rings. The number of aliphatic hydroxyl groups excluding tert-OH is 1. The van der Waals surface area contributed by atoms with E-state index in [1.54, 1.807) is 23.4 Å². The molecule has 4 heteroatoms. The maximum Gasteiger partial charge on any atom is 0.254 e. The summed E-state index contributed by atoms with van der Waals surface area (Å²) in [4.78, 5) is 17.3. The predicted molar refractivity (Wildman–Crippen MR) is 50.9 cm³/mol. The number of amides is 1. The van der Waals surface area contributed by atoms with E-state index < -0.39 is 0 Å². The number of likely N-dealkylation sites (tertiary alicyclic amines) is 1. The molecule has 74 valence electrons. The molecular weight excluding hydrogens is 180 g/mol. The first-order valence-corrected chi connectivity index (χ1v) is 4.56. The molecule has 0 aliphatic carbocycles. The zero-order chi connectivity index (χ0) is 10.1. The van der Waals surface area contributed by atoms with Crippen molar-refractivity contribution in [3.05, 3.63) is 29.6 Å². The van der Waals surface area contributed by atoms with Crippen LogP contribution in [0, 0.1) is 6.92 Å². The van der Waals surface area contributed by atoms with Crippen LogP contribution in [0.25, 0.3) is 0 Å². The van der Waals surface area contributed by atoms with Gasteiger partial charge in [-0.1, -0.05) is 0 Å². The van der Waals surface area contributed by atoms with Gasteiger partial charge in [-0.25, -0.2) is 0 Å². The minimum Gasteiger partial charge on any atom is -0.389 e. The summed E-state index contributed by atoms with van der Waals surface area (Å²) < 4.78 is 0. The van der Waals surface area contributed by atoms with Crippen LogP contribution in [0.15, 0.2) is 18.5 Å². The van der Waals surface area contributed by atoms with Gasteiger partial charge in [-0.2, -0.15) is 0 Å². The van der Waals surface area contributed by atoms with Crippen molar-refractivity contribution in [1.29, 1.82) is 0 Å². The van der Waals surface area contributed by atoms with Crippen LogP contribution < -0.4 is 0 Å². The number of rotatable bonds is 1. The lowest BCUT2D eigenvalue weighted by Crippen LogP contribution is -2.53. The van der Waals surface area contributed by atoms with Crippen molar-refractivity contribution in [3.63, 3.8) is 0 Å². The number of pyridine rings is 1. The highest BCUT2D eigenvalue weighted by molar-refractivity contribution is 5.96. The Bertz CT molecular complexity index is 359. The van der Waals surface area contributed by atoms with Gasteiger partial charge < -0.3 is 10.0 Å². The van der Waals surface area contributed by atoms with Crippen molar-refractivity contribution in [2.75, 3.05) is 13.1 Å². The number of hydrogen-bond donors (Lipinski definition) is 1. The summed E-state index contributed by atoms with van der Waals surface area (Å²) in [7, 11) is 0. The van der Waals surface area contributed by atoms with E-state index in [9.17, 15) is 4.79 Å². The fourth-order valence-electron chi connectivity index (χ4n) is 1.50. The van der Waals surface area contributed by atoms with Crippen LogP contribution >= 0.6 is 0 Å². The number of β-amino-alcohol motifs (C(OH)–C–C–N with tert-alkyl or cyclic N) is 1. The van der Waals surface area contributed by atoms with Crippen LogP contribution in [-0.4, -0.2) is 40.1 Å². The molecule has 0 saturated carbocycles. The number of carbonyl (C=O) groups is 1. The summed E-state index contributed by atoms with van der Waals surface area (Å²) in [6.07, 6.45) is 2.93. The van der Waals surface area contributed by atoms with Crippen LogP contribution in [0.4, 0.5) is 0 Å². The summed E-state index contributed by atoms with van der Waals surface area (Å²) in [5.41, 5.74) is 1.55. The summed E-state index contributed by atoms with van der Waals surface area (Å²) in [5.74, 6) is -0.0183. The van der Waals surface area contributed by atoms with Crippen LogP contribution in [0.1, 0.15) is 15.9 Å². The molecule has 1 aromatic heterocycles. The first-order chi connectivity index (χ1) is 6.68. The Balaban J connectivity index is 2.16. The normalized spacial score (nSPS) is 16.6. The average molecular weight is 192 g/mol. The quantitative estimate of drug-likeness (QED) is 0.692. The molecule has 1 aliphatic rings. The van der Waals surface area contributed by atoms with Crippen molar-refractivity contribution in [3.8, 4) is 0 Å². The van der Waals surface area contributed by atoms with Gasteiger partial charge in [-0.05, 0) is 18.6 Å². The average Bonchev–Trinajstić information content (AvgIpc) is 2.13. The molecule has 1 aliphatic heterocycles. The Morgan fingerprint density at radius 1 is 1.64 bits per heavy atom. The molecule has 2 heterocycles. The third-order valence-corrected chi connectivity index (χ3v) is 2.40. The Morgan fingerprint density at radius 3 is 2.93 bits per heavy atom. The van der Waals surface area contributed by atoms with Crippen LogP contribution in [-0.2, 0) is 0 Å². The molecule has 0 aromatic carbocycles. The minimum absolute atomic E-state index is 0.0183. The fraction of sp³-hybridized carbons (Fsp3) is 0.400. The van der Waals surface area contributed by atoms with E-state index in [1.807, 2.05) is 6.92 Å². The highest BCUT2D eigenvalue weighted by atomic mass is 16.3. The largest absolute Gasteiger partial charge is 0.389 e. The molecule has 1 saturated heterocycles. The second-order valence-corrected chi connectivity index (χ2v) is 3.55. The Morgan fingerprint density at radius 2 is 2.36 bits per heavy atom. The molecule has 1 N–H and O–H groups in total. The standard InChI is InChI=1S/C10H12N2O2/c1-7-4-11-3-2-9(7)10(14)12-5-8(13)6-12/h2-4,8,13H,5-6H2,1H3. The van der Waals surface area contributed by atoms with Gasteiger partial charge in [0.15, 0.2) is 0 Å². The number of aromatic nitrogens is 1. The summed E-state index contributed by atoms with van der Waals surface area (Å²) in [6.45, 7) is 2.75. The number of carbonyl (C=O) groups excluding carboxylic acids is 1. The lowest BCUT2D eigenvalue weighted by Gasteiger charge is -2.36. The van der Waals surface area contributed by atoms with Gasteiger partial charge in [0.25, 0.3) is 5.91 Å². The van der Waals surface area contributed by atoms with E-state index in [1.165, 1.54) is 0 Å². The summed E-state index contributed by atoms with van der Waals surface area (Å²) in [6, 6.07) is 1.71. The number of nitrogens with zero attached hydrogens (tertiary/aromatic N) is 2. The van der Waals surface area contributed by atoms with E-state index in [0.29, 0.717) is 18.7 Å². The van der Waals surface area contributed by atoms with Gasteiger partial charge in [-0.3, -0.25) is 9.78 Å². The first-order valence-electron chi connectivity index (χ1n) is 4.56. The van der Waals surface area contributed by atoms with E-state index >= 15 is 0 Å². The molecule has 0 radical (unpaired) electrons. The molecular formula is C10H12N2O2. The van der Waals surface area contributed by atoms with E-state index in [2.05, 4.69) is 4.98 Å². The maximum absolute atomic E-state index is 11.8. The highest BCUT2D eigenvalue weighted by Crippen LogP contribution is 2.14. The Hall–Kier alpha value is -1.42. The molecule has 1 fully saturated rings. The van der Waals surface area contributed by atoms with E-state index in [4.69, 9.17) is 5.11 Å². The highest BCUT2D eigenvalue weighted by Gasteiger charge is 2.29. The molecule has 0 spiro atoms. The second-order valence-electron chi connectivity index (χ2n) is 3.55. The third-order valence-electron chi connectivity index (χ3n) is 2.40. The zero-order valence-electron chi connectivity index (χ0n) is 7.97. The predicted octanol–water partition coefficient (Wildman–Crippen LogP) is 0.207. The molecule has 1 amide bonds. The van der Waals surface area contributed by atoms with E-state index in [0.717, 1.165) is 5.56 Å². The number of aryl methyl sites for hydroxylation is 1. The molecule has 0 unspecified atom stereocenters. The maximum atomic E-state index is 11.8. The van der Waals surface area contributed by atoms with Crippen molar-refractivity contribution >= 4 is 5.91 Å². The molecule has 14 heavy (non-hydrogen) atoms.